The quantitative estimate of drug-likeness (QED) is 0.386. The van der Waals surface area contributed by atoms with Gasteiger partial charge >= 0.3 is 5.69 Å². The van der Waals surface area contributed by atoms with Gasteiger partial charge in [0.05, 0.1) is 16.9 Å². The number of likely N-dealkylation sites (N-methyl/N-ethyl adjacent to an activating group) is 1. The second kappa shape index (κ2) is 9.89. The van der Waals surface area contributed by atoms with E-state index in [1.54, 1.807) is 73.7 Å². The van der Waals surface area contributed by atoms with E-state index in [0.717, 1.165) is 0 Å². The zero-order valence-electron chi connectivity index (χ0n) is 21.0. The van der Waals surface area contributed by atoms with Crippen molar-refractivity contribution in [3.05, 3.63) is 112 Å². The first kappa shape index (κ1) is 25.4. The number of nitrogens with two attached hydrogens (primary N) is 1. The summed E-state index contributed by atoms with van der Waals surface area (Å²) in [5.74, 6) is 1.12. The number of aryl methyl sites for hydroxylation is 1. The van der Waals surface area contributed by atoms with Crippen LogP contribution in [0, 0.1) is 0 Å². The largest absolute Gasteiger partial charge is 0.486 e. The molecule has 3 aromatic carbocycles. The number of aromatic nitrogens is 2. The Morgan fingerprint density at radius 1 is 1.13 bits per heavy atom. The standard InChI is InChI=1S/C29H27ClN4O4/c1-4-33(2)26(17-31)29(36,20-9-11-24-25(16-20)38-13-12-37-24)19-8-10-23-22(15-19)27(32-28(35)34(23)3)18-6-5-7-21(30)14-18/h4-11,14-17,36H,1,12-13,31H2,2-3H3/b26-17-. The summed E-state index contributed by atoms with van der Waals surface area (Å²) in [5, 5.41) is 13.7. The van der Waals surface area contributed by atoms with E-state index in [1.165, 1.54) is 10.8 Å². The molecule has 0 aliphatic carbocycles. The lowest BCUT2D eigenvalue weighted by Crippen LogP contribution is -2.37. The summed E-state index contributed by atoms with van der Waals surface area (Å²) in [7, 11) is 3.40. The Hall–Kier alpha value is -4.27. The third-order valence-corrected chi connectivity index (χ3v) is 7.00. The highest BCUT2D eigenvalue weighted by atomic mass is 35.5. The summed E-state index contributed by atoms with van der Waals surface area (Å²) in [6.45, 7) is 4.70. The molecule has 9 heteroatoms. The van der Waals surface area contributed by atoms with Crippen molar-refractivity contribution in [1.82, 2.24) is 14.5 Å². The Morgan fingerprint density at radius 3 is 2.55 bits per heavy atom. The molecule has 2 heterocycles. The summed E-state index contributed by atoms with van der Waals surface area (Å²) in [4.78, 5) is 18.7. The van der Waals surface area contributed by atoms with Gasteiger partial charge in [0.1, 0.15) is 13.2 Å². The lowest BCUT2D eigenvalue weighted by Gasteiger charge is -2.36. The van der Waals surface area contributed by atoms with E-state index in [4.69, 9.17) is 26.8 Å². The maximum Gasteiger partial charge on any atom is 0.348 e. The predicted molar refractivity (Wildman–Crippen MR) is 148 cm³/mol. The van der Waals surface area contributed by atoms with Crippen molar-refractivity contribution in [2.24, 2.45) is 12.8 Å². The maximum atomic E-state index is 12.7. The molecule has 1 atom stereocenters. The Morgan fingerprint density at radius 2 is 1.84 bits per heavy atom. The smallest absolute Gasteiger partial charge is 0.348 e. The van der Waals surface area contributed by atoms with Crippen molar-refractivity contribution in [3.8, 4) is 22.8 Å². The number of fused-ring (bicyclic) bond motifs is 2. The predicted octanol–water partition coefficient (Wildman–Crippen LogP) is 4.14. The normalized spacial score (nSPS) is 14.7. The zero-order chi connectivity index (χ0) is 27.0. The Kier molecular flexibility index (Phi) is 6.60. The second-order valence-corrected chi connectivity index (χ2v) is 9.39. The molecule has 0 saturated carbocycles. The summed E-state index contributed by atoms with van der Waals surface area (Å²) in [6, 6.07) is 17.8. The highest BCUT2D eigenvalue weighted by Gasteiger charge is 2.39. The SMILES string of the molecule is C=CN(C)/C(=C\N)C(O)(c1ccc2c(c1)OCCO2)c1ccc2c(c1)c(-c1cccc(Cl)c1)nc(=O)n2C. The van der Waals surface area contributed by atoms with Gasteiger partial charge in [-0.15, -0.1) is 0 Å². The highest BCUT2D eigenvalue weighted by molar-refractivity contribution is 6.30. The van der Waals surface area contributed by atoms with Crippen LogP contribution in [0.4, 0.5) is 0 Å². The van der Waals surface area contributed by atoms with Gasteiger partial charge in [0, 0.05) is 36.3 Å². The number of nitrogens with zero attached hydrogens (tertiary/aromatic N) is 3. The molecule has 1 aliphatic heterocycles. The Balaban J connectivity index is 1.81. The third-order valence-electron chi connectivity index (χ3n) is 6.77. The summed E-state index contributed by atoms with van der Waals surface area (Å²) < 4.78 is 13.0. The summed E-state index contributed by atoms with van der Waals surface area (Å²) >= 11 is 6.26. The Labute approximate surface area is 224 Å². The molecular formula is C29H27ClN4O4. The Bertz CT molecular complexity index is 1650. The van der Waals surface area contributed by atoms with Crippen LogP contribution in [0.3, 0.4) is 0 Å². The number of benzene rings is 3. The third kappa shape index (κ3) is 4.17. The van der Waals surface area contributed by atoms with Crippen LogP contribution in [0.1, 0.15) is 11.1 Å². The van der Waals surface area contributed by atoms with Crippen molar-refractivity contribution in [3.63, 3.8) is 0 Å². The van der Waals surface area contributed by atoms with E-state index in [2.05, 4.69) is 11.6 Å². The highest BCUT2D eigenvalue weighted by Crippen LogP contribution is 2.43. The lowest BCUT2D eigenvalue weighted by molar-refractivity contribution is 0.0956. The molecule has 0 spiro atoms. The fourth-order valence-electron chi connectivity index (χ4n) is 4.76. The second-order valence-electron chi connectivity index (χ2n) is 8.96. The molecule has 0 amide bonds. The van der Waals surface area contributed by atoms with E-state index in [9.17, 15) is 9.90 Å². The van der Waals surface area contributed by atoms with Crippen LogP contribution >= 0.6 is 11.6 Å². The summed E-state index contributed by atoms with van der Waals surface area (Å²) in [6.07, 6.45) is 2.91. The lowest BCUT2D eigenvalue weighted by atomic mass is 9.82. The van der Waals surface area contributed by atoms with E-state index >= 15 is 0 Å². The number of halogens is 1. The van der Waals surface area contributed by atoms with Crippen LogP contribution in [-0.4, -0.2) is 39.8 Å². The molecule has 8 nitrogen and oxygen atoms in total. The molecule has 0 saturated heterocycles. The van der Waals surface area contributed by atoms with E-state index in [1.807, 2.05) is 12.1 Å². The number of ether oxygens (including phenoxy) is 2. The van der Waals surface area contributed by atoms with Crippen LogP contribution in [-0.2, 0) is 12.6 Å². The fourth-order valence-corrected chi connectivity index (χ4v) is 4.95. The summed E-state index contributed by atoms with van der Waals surface area (Å²) in [5.41, 5.74) is 7.10. The van der Waals surface area contributed by atoms with Crippen molar-refractivity contribution in [2.75, 3.05) is 20.3 Å². The van der Waals surface area contributed by atoms with Crippen LogP contribution in [0.5, 0.6) is 11.5 Å². The first-order chi connectivity index (χ1) is 18.3. The van der Waals surface area contributed by atoms with Gasteiger partial charge < -0.3 is 25.2 Å². The first-order valence-corrected chi connectivity index (χ1v) is 12.3. The number of aliphatic hydroxyl groups is 1. The maximum absolute atomic E-state index is 12.7. The van der Waals surface area contributed by atoms with Gasteiger partial charge in [0.25, 0.3) is 0 Å². The van der Waals surface area contributed by atoms with E-state index in [-0.39, 0.29) is 0 Å². The number of rotatable bonds is 6. The van der Waals surface area contributed by atoms with Crippen molar-refractivity contribution in [1.29, 1.82) is 0 Å². The minimum atomic E-state index is -1.73. The minimum Gasteiger partial charge on any atom is -0.486 e. The average Bonchev–Trinajstić information content (AvgIpc) is 2.94. The van der Waals surface area contributed by atoms with Gasteiger partial charge in [0.15, 0.2) is 17.1 Å². The molecule has 38 heavy (non-hydrogen) atoms. The zero-order valence-corrected chi connectivity index (χ0v) is 21.8. The van der Waals surface area contributed by atoms with E-state index in [0.29, 0.717) is 68.7 Å². The van der Waals surface area contributed by atoms with Crippen LogP contribution in [0.25, 0.3) is 22.2 Å². The molecular weight excluding hydrogens is 504 g/mol. The van der Waals surface area contributed by atoms with Gasteiger partial charge in [-0.05, 0) is 53.7 Å². The average molecular weight is 531 g/mol. The topological polar surface area (TPSA) is 103 Å². The number of hydrogen-bond donors (Lipinski definition) is 2. The van der Waals surface area contributed by atoms with Crippen molar-refractivity contribution >= 4 is 22.5 Å². The molecule has 194 valence electrons. The van der Waals surface area contributed by atoms with Gasteiger partial charge in [0.2, 0.25) is 0 Å². The van der Waals surface area contributed by atoms with Crippen LogP contribution < -0.4 is 20.9 Å². The molecule has 4 aromatic rings. The molecule has 0 bridgehead atoms. The molecule has 3 N–H and O–H groups in total. The van der Waals surface area contributed by atoms with Gasteiger partial charge in [-0.1, -0.05) is 42.4 Å². The van der Waals surface area contributed by atoms with Crippen LogP contribution in [0.2, 0.25) is 5.02 Å². The molecule has 1 unspecified atom stereocenters. The molecule has 5 rings (SSSR count). The fraction of sp³-hybridized carbons (Fsp3) is 0.172. The molecule has 0 fully saturated rings. The van der Waals surface area contributed by atoms with Gasteiger partial charge in [-0.2, -0.15) is 4.98 Å². The molecule has 1 aliphatic rings. The monoisotopic (exact) mass is 530 g/mol. The van der Waals surface area contributed by atoms with E-state index < -0.39 is 11.3 Å². The minimum absolute atomic E-state index is 0.366. The molecule has 1 aromatic heterocycles. The van der Waals surface area contributed by atoms with Gasteiger partial charge in [-0.3, -0.25) is 4.57 Å². The first-order valence-electron chi connectivity index (χ1n) is 12.0. The van der Waals surface area contributed by atoms with Crippen molar-refractivity contribution in [2.45, 2.75) is 5.60 Å². The van der Waals surface area contributed by atoms with Crippen LogP contribution in [0.15, 0.2) is 90.1 Å². The van der Waals surface area contributed by atoms with Gasteiger partial charge in [-0.25, -0.2) is 4.79 Å². The molecule has 0 radical (unpaired) electrons. The van der Waals surface area contributed by atoms with Crippen molar-refractivity contribution < 1.29 is 14.6 Å². The number of hydrogen-bond acceptors (Lipinski definition) is 7.